The van der Waals surface area contributed by atoms with Crippen molar-refractivity contribution >= 4 is 9.84 Å². The molecule has 1 aliphatic carbocycles. The number of sulfone groups is 1. The molecule has 0 radical (unpaired) electrons. The zero-order valence-corrected chi connectivity index (χ0v) is 13.8. The topological polar surface area (TPSA) is 75.6 Å². The number of hydrogen-bond acceptors (Lipinski definition) is 5. The van der Waals surface area contributed by atoms with Gasteiger partial charge in [-0.2, -0.15) is 0 Å². The molecule has 21 heavy (non-hydrogen) atoms. The molecule has 1 heterocycles. The van der Waals surface area contributed by atoms with Crippen LogP contribution in [0.25, 0.3) is 0 Å². The molecule has 2 fully saturated rings. The van der Waals surface area contributed by atoms with Gasteiger partial charge in [0.1, 0.15) is 0 Å². The molecule has 4 unspecified atom stereocenters. The van der Waals surface area contributed by atoms with Crippen LogP contribution in [0.15, 0.2) is 0 Å². The number of rotatable bonds is 6. The first-order chi connectivity index (χ1) is 9.94. The van der Waals surface area contributed by atoms with E-state index in [0.717, 1.165) is 19.3 Å². The summed E-state index contributed by atoms with van der Waals surface area (Å²) in [7, 11) is -2.89. The Balaban J connectivity index is 1.62. The van der Waals surface area contributed by atoms with Crippen molar-refractivity contribution in [1.82, 2.24) is 5.32 Å². The molecule has 1 saturated carbocycles. The van der Waals surface area contributed by atoms with Crippen molar-refractivity contribution in [3.8, 4) is 0 Å². The minimum Gasteiger partial charge on any atom is -0.389 e. The van der Waals surface area contributed by atoms with E-state index in [2.05, 4.69) is 12.2 Å². The largest absolute Gasteiger partial charge is 0.389 e. The highest BCUT2D eigenvalue weighted by Gasteiger charge is 2.25. The summed E-state index contributed by atoms with van der Waals surface area (Å²) >= 11 is 0. The van der Waals surface area contributed by atoms with Crippen molar-refractivity contribution in [2.75, 3.05) is 24.7 Å². The summed E-state index contributed by atoms with van der Waals surface area (Å²) in [4.78, 5) is 0. The Labute approximate surface area is 128 Å². The zero-order chi connectivity index (χ0) is 15.3. The second-order valence-corrected chi connectivity index (χ2v) is 8.97. The molecule has 0 aromatic carbocycles. The lowest BCUT2D eigenvalue weighted by molar-refractivity contribution is -0.0311. The first kappa shape index (κ1) is 17.2. The number of hydrogen-bond donors (Lipinski definition) is 2. The Morgan fingerprint density at radius 2 is 2.10 bits per heavy atom. The van der Waals surface area contributed by atoms with Gasteiger partial charge < -0.3 is 15.2 Å². The molecular weight excluding hydrogens is 290 g/mol. The van der Waals surface area contributed by atoms with Gasteiger partial charge in [0.2, 0.25) is 0 Å². The van der Waals surface area contributed by atoms with Crippen LogP contribution in [0.5, 0.6) is 0 Å². The molecule has 6 heteroatoms. The van der Waals surface area contributed by atoms with Crippen molar-refractivity contribution in [2.45, 2.75) is 63.7 Å². The molecule has 0 spiro atoms. The fraction of sp³-hybridized carbons (Fsp3) is 1.00. The van der Waals surface area contributed by atoms with Crippen LogP contribution in [0.3, 0.4) is 0 Å². The Bertz CT molecular complexity index is 412. The van der Waals surface area contributed by atoms with E-state index in [9.17, 15) is 13.5 Å². The van der Waals surface area contributed by atoms with E-state index in [0.29, 0.717) is 31.2 Å². The normalized spacial score (nSPS) is 34.5. The van der Waals surface area contributed by atoms with E-state index in [1.165, 1.54) is 12.8 Å². The maximum absolute atomic E-state index is 11.5. The Morgan fingerprint density at radius 3 is 2.81 bits per heavy atom. The summed E-state index contributed by atoms with van der Waals surface area (Å²) in [6.07, 6.45) is 5.96. The van der Waals surface area contributed by atoms with E-state index in [1.54, 1.807) is 0 Å². The Morgan fingerprint density at radius 1 is 1.29 bits per heavy atom. The summed E-state index contributed by atoms with van der Waals surface area (Å²) in [5.41, 5.74) is 0. The zero-order valence-electron chi connectivity index (χ0n) is 13.0. The molecule has 0 aromatic heterocycles. The van der Waals surface area contributed by atoms with Gasteiger partial charge in [-0.05, 0) is 31.6 Å². The average Bonchev–Trinajstić information content (AvgIpc) is 2.42. The molecule has 1 aliphatic heterocycles. The second-order valence-electron chi connectivity index (χ2n) is 6.74. The fourth-order valence-electron chi connectivity index (χ4n) is 3.32. The third kappa shape index (κ3) is 6.22. The molecule has 0 amide bonds. The predicted molar refractivity (Wildman–Crippen MR) is 83.1 cm³/mol. The molecule has 4 atom stereocenters. The SMILES string of the molecule is CC1CCCC(OCC(O)CNC2CCCS(=O)(=O)C2)C1. The third-order valence-electron chi connectivity index (χ3n) is 4.52. The van der Waals surface area contributed by atoms with Gasteiger partial charge in [0, 0.05) is 12.6 Å². The highest BCUT2D eigenvalue weighted by Crippen LogP contribution is 2.25. The van der Waals surface area contributed by atoms with Gasteiger partial charge in [-0.3, -0.25) is 0 Å². The minimum atomic E-state index is -2.89. The first-order valence-electron chi connectivity index (χ1n) is 8.18. The minimum absolute atomic E-state index is 0.0203. The lowest BCUT2D eigenvalue weighted by atomic mass is 9.89. The Hall–Kier alpha value is -0.170. The molecule has 0 bridgehead atoms. The monoisotopic (exact) mass is 319 g/mol. The van der Waals surface area contributed by atoms with Gasteiger partial charge in [0.15, 0.2) is 9.84 Å². The molecule has 2 N–H and O–H groups in total. The van der Waals surface area contributed by atoms with Crippen LogP contribution in [0.2, 0.25) is 0 Å². The lowest BCUT2D eigenvalue weighted by Crippen LogP contribution is -2.44. The van der Waals surface area contributed by atoms with Crippen LogP contribution < -0.4 is 5.32 Å². The van der Waals surface area contributed by atoms with Crippen LogP contribution in [0, 0.1) is 5.92 Å². The second kappa shape index (κ2) is 7.90. The van der Waals surface area contributed by atoms with Gasteiger partial charge in [-0.1, -0.05) is 19.8 Å². The fourth-order valence-corrected chi connectivity index (χ4v) is 4.99. The smallest absolute Gasteiger partial charge is 0.151 e. The van der Waals surface area contributed by atoms with Crippen molar-refractivity contribution in [3.05, 3.63) is 0 Å². The van der Waals surface area contributed by atoms with E-state index in [-0.39, 0.29) is 17.9 Å². The van der Waals surface area contributed by atoms with E-state index >= 15 is 0 Å². The van der Waals surface area contributed by atoms with Crippen LogP contribution >= 0.6 is 0 Å². The molecule has 5 nitrogen and oxygen atoms in total. The van der Waals surface area contributed by atoms with Crippen molar-refractivity contribution < 1.29 is 18.3 Å². The lowest BCUT2D eigenvalue weighted by Gasteiger charge is -2.28. The molecule has 2 aliphatic rings. The van der Waals surface area contributed by atoms with E-state index in [4.69, 9.17) is 4.74 Å². The maximum atomic E-state index is 11.5. The van der Waals surface area contributed by atoms with Crippen LogP contribution in [-0.4, -0.2) is 56.4 Å². The van der Waals surface area contributed by atoms with E-state index < -0.39 is 15.9 Å². The molecule has 2 rings (SSSR count). The third-order valence-corrected chi connectivity index (χ3v) is 6.34. The first-order valence-corrected chi connectivity index (χ1v) is 10.0. The summed E-state index contributed by atoms with van der Waals surface area (Å²) in [5, 5.41) is 13.1. The number of aliphatic hydroxyl groups is 1. The standard InChI is InChI=1S/C15H29NO4S/c1-12-4-2-6-15(8-12)20-10-14(17)9-16-13-5-3-7-21(18,19)11-13/h12-17H,2-11H2,1H3. The molecule has 0 aromatic rings. The van der Waals surface area contributed by atoms with Gasteiger partial charge in [-0.25, -0.2) is 8.42 Å². The van der Waals surface area contributed by atoms with Gasteiger partial charge >= 0.3 is 0 Å². The molecule has 124 valence electrons. The van der Waals surface area contributed by atoms with E-state index in [1.807, 2.05) is 0 Å². The number of nitrogens with one attached hydrogen (secondary N) is 1. The predicted octanol–water partition coefficient (Wildman–Crippen LogP) is 1.11. The molecule has 1 saturated heterocycles. The Kier molecular flexibility index (Phi) is 6.47. The maximum Gasteiger partial charge on any atom is 0.151 e. The van der Waals surface area contributed by atoms with Gasteiger partial charge in [-0.15, -0.1) is 0 Å². The quantitative estimate of drug-likeness (QED) is 0.767. The summed E-state index contributed by atoms with van der Waals surface area (Å²) in [6, 6.07) is -0.0203. The summed E-state index contributed by atoms with van der Waals surface area (Å²) in [6.45, 7) is 2.99. The van der Waals surface area contributed by atoms with Crippen LogP contribution in [-0.2, 0) is 14.6 Å². The van der Waals surface area contributed by atoms with Crippen molar-refractivity contribution in [3.63, 3.8) is 0 Å². The average molecular weight is 319 g/mol. The highest BCUT2D eigenvalue weighted by atomic mass is 32.2. The van der Waals surface area contributed by atoms with Gasteiger partial charge in [0.05, 0.1) is 30.3 Å². The summed E-state index contributed by atoms with van der Waals surface area (Å²) in [5.74, 6) is 1.21. The summed E-state index contributed by atoms with van der Waals surface area (Å²) < 4.78 is 28.9. The van der Waals surface area contributed by atoms with Gasteiger partial charge in [0.25, 0.3) is 0 Å². The molecular formula is C15H29NO4S. The highest BCUT2D eigenvalue weighted by molar-refractivity contribution is 7.91. The van der Waals surface area contributed by atoms with Crippen LogP contribution in [0.4, 0.5) is 0 Å². The van der Waals surface area contributed by atoms with Crippen molar-refractivity contribution in [1.29, 1.82) is 0 Å². The van der Waals surface area contributed by atoms with Crippen LogP contribution in [0.1, 0.15) is 45.4 Å². The number of ether oxygens (including phenoxy) is 1. The number of aliphatic hydroxyl groups excluding tert-OH is 1. The van der Waals surface area contributed by atoms with Crippen molar-refractivity contribution in [2.24, 2.45) is 5.92 Å².